The monoisotopic (exact) mass is 271 g/mol. The van der Waals surface area contributed by atoms with Crippen LogP contribution in [0, 0.1) is 13.8 Å². The highest BCUT2D eigenvalue weighted by molar-refractivity contribution is 7.89. The molecule has 0 spiro atoms. The molecule has 0 radical (unpaired) electrons. The average Bonchev–Trinajstić information content (AvgIpc) is 2.22. The van der Waals surface area contributed by atoms with E-state index < -0.39 is 22.0 Å². The van der Waals surface area contributed by atoms with Gasteiger partial charge in [-0.25, -0.2) is 8.42 Å². The second-order valence-electron chi connectivity index (χ2n) is 4.22. The molecule has 0 aromatic heterocycles. The van der Waals surface area contributed by atoms with Gasteiger partial charge in [-0.3, -0.25) is 4.79 Å². The molecule has 0 aliphatic rings. The molecule has 0 aliphatic heterocycles. The zero-order chi connectivity index (χ0) is 14.1. The molecule has 100 valence electrons. The third-order valence-electron chi connectivity index (χ3n) is 2.67. The first-order valence-electron chi connectivity index (χ1n) is 5.33. The number of rotatable bonds is 4. The lowest BCUT2D eigenvalue weighted by atomic mass is 10.1. The van der Waals surface area contributed by atoms with Crippen LogP contribution in [-0.2, 0) is 14.8 Å². The number of primary amides is 1. The summed E-state index contributed by atoms with van der Waals surface area (Å²) in [5.41, 5.74) is 12.5. The number of sulfonamides is 1. The Labute approximate surface area is 106 Å². The zero-order valence-corrected chi connectivity index (χ0v) is 11.3. The van der Waals surface area contributed by atoms with Crippen LogP contribution in [0.15, 0.2) is 17.0 Å². The van der Waals surface area contributed by atoms with E-state index in [-0.39, 0.29) is 10.6 Å². The van der Waals surface area contributed by atoms with E-state index in [1.165, 1.54) is 13.0 Å². The van der Waals surface area contributed by atoms with Crippen molar-refractivity contribution >= 4 is 21.6 Å². The number of hydrogen-bond acceptors (Lipinski definition) is 4. The number of amides is 1. The van der Waals surface area contributed by atoms with Gasteiger partial charge in [0, 0.05) is 0 Å². The summed E-state index contributed by atoms with van der Waals surface area (Å²) >= 11 is 0. The Morgan fingerprint density at radius 3 is 2.28 bits per heavy atom. The summed E-state index contributed by atoms with van der Waals surface area (Å²) in [6.07, 6.45) is 0. The van der Waals surface area contributed by atoms with Crippen LogP contribution in [0.3, 0.4) is 0 Å². The number of nitrogen functional groups attached to an aromatic ring is 1. The number of hydrogen-bond donors (Lipinski definition) is 3. The summed E-state index contributed by atoms with van der Waals surface area (Å²) in [4.78, 5) is 10.8. The van der Waals surface area contributed by atoms with Gasteiger partial charge in [0.05, 0.1) is 11.7 Å². The van der Waals surface area contributed by atoms with Crippen molar-refractivity contribution < 1.29 is 13.2 Å². The number of aryl methyl sites for hydroxylation is 2. The highest BCUT2D eigenvalue weighted by atomic mass is 32.2. The van der Waals surface area contributed by atoms with Gasteiger partial charge in [0.15, 0.2) is 0 Å². The van der Waals surface area contributed by atoms with Gasteiger partial charge in [-0.05, 0) is 44.0 Å². The van der Waals surface area contributed by atoms with Crippen molar-refractivity contribution in [3.05, 3.63) is 23.3 Å². The van der Waals surface area contributed by atoms with E-state index in [1.807, 2.05) is 6.92 Å². The molecule has 0 bridgehead atoms. The standard InChI is InChI=1S/C11H17N3O3S/c1-6-4-9(12)10(5-7(6)2)18(16,17)14-8(3)11(13)15/h4-5,8,14H,12H2,1-3H3,(H2,13,15). The minimum atomic E-state index is -3.85. The average molecular weight is 271 g/mol. The van der Waals surface area contributed by atoms with Crippen molar-refractivity contribution in [3.63, 3.8) is 0 Å². The van der Waals surface area contributed by atoms with Crippen LogP contribution in [0.2, 0.25) is 0 Å². The topological polar surface area (TPSA) is 115 Å². The first-order valence-corrected chi connectivity index (χ1v) is 6.82. The Morgan fingerprint density at radius 2 is 1.78 bits per heavy atom. The van der Waals surface area contributed by atoms with Gasteiger partial charge in [-0.2, -0.15) is 4.72 Å². The molecular weight excluding hydrogens is 254 g/mol. The molecule has 0 saturated heterocycles. The molecule has 0 aliphatic carbocycles. The summed E-state index contributed by atoms with van der Waals surface area (Å²) in [6, 6.07) is 2.07. The predicted octanol–water partition coefficient (Wildman–Crippen LogP) is 0.0377. The Bertz CT molecular complexity index is 581. The van der Waals surface area contributed by atoms with Crippen molar-refractivity contribution in [1.29, 1.82) is 0 Å². The molecule has 6 nitrogen and oxygen atoms in total. The normalized spacial score (nSPS) is 13.3. The summed E-state index contributed by atoms with van der Waals surface area (Å²) in [5.74, 6) is -0.749. The van der Waals surface area contributed by atoms with Crippen LogP contribution in [0.4, 0.5) is 5.69 Å². The van der Waals surface area contributed by atoms with Crippen molar-refractivity contribution in [2.75, 3.05) is 5.73 Å². The van der Waals surface area contributed by atoms with E-state index in [0.717, 1.165) is 11.1 Å². The molecule has 1 rings (SSSR count). The van der Waals surface area contributed by atoms with Gasteiger partial charge in [0.1, 0.15) is 4.90 Å². The SMILES string of the molecule is Cc1cc(N)c(S(=O)(=O)NC(C)C(N)=O)cc1C. The molecule has 0 saturated carbocycles. The number of nitrogens with two attached hydrogens (primary N) is 2. The summed E-state index contributed by atoms with van der Waals surface area (Å²) < 4.78 is 26.2. The van der Waals surface area contributed by atoms with Gasteiger partial charge in [0.2, 0.25) is 15.9 Å². The summed E-state index contributed by atoms with van der Waals surface area (Å²) in [7, 11) is -3.85. The van der Waals surface area contributed by atoms with Gasteiger partial charge in [0.25, 0.3) is 0 Å². The lowest BCUT2D eigenvalue weighted by Crippen LogP contribution is -2.42. The van der Waals surface area contributed by atoms with E-state index >= 15 is 0 Å². The largest absolute Gasteiger partial charge is 0.398 e. The molecular formula is C11H17N3O3S. The Hall–Kier alpha value is -1.60. The van der Waals surface area contributed by atoms with Crippen LogP contribution in [0.25, 0.3) is 0 Å². The van der Waals surface area contributed by atoms with Crippen molar-refractivity contribution in [3.8, 4) is 0 Å². The Kier molecular flexibility index (Phi) is 3.98. The lowest BCUT2D eigenvalue weighted by Gasteiger charge is -2.14. The second kappa shape index (κ2) is 4.95. The van der Waals surface area contributed by atoms with Gasteiger partial charge in [-0.1, -0.05) is 0 Å². The third kappa shape index (κ3) is 2.99. The predicted molar refractivity (Wildman–Crippen MR) is 69.3 cm³/mol. The van der Waals surface area contributed by atoms with Gasteiger partial charge >= 0.3 is 0 Å². The van der Waals surface area contributed by atoms with Crippen LogP contribution in [-0.4, -0.2) is 20.4 Å². The smallest absolute Gasteiger partial charge is 0.243 e. The lowest BCUT2D eigenvalue weighted by molar-refractivity contribution is -0.119. The second-order valence-corrected chi connectivity index (χ2v) is 5.90. The van der Waals surface area contributed by atoms with E-state index in [2.05, 4.69) is 4.72 Å². The van der Waals surface area contributed by atoms with E-state index in [0.29, 0.717) is 0 Å². The number of benzene rings is 1. The fourth-order valence-electron chi connectivity index (χ4n) is 1.40. The minimum Gasteiger partial charge on any atom is -0.398 e. The van der Waals surface area contributed by atoms with Crippen LogP contribution in [0.5, 0.6) is 0 Å². The number of nitrogens with one attached hydrogen (secondary N) is 1. The number of anilines is 1. The Balaban J connectivity index is 3.21. The molecule has 0 heterocycles. The molecule has 1 aromatic rings. The van der Waals surface area contributed by atoms with Crippen LogP contribution < -0.4 is 16.2 Å². The maximum absolute atomic E-state index is 12.0. The minimum absolute atomic E-state index is 0.0429. The fraction of sp³-hybridized carbons (Fsp3) is 0.364. The highest BCUT2D eigenvalue weighted by Crippen LogP contribution is 2.22. The maximum Gasteiger partial charge on any atom is 0.243 e. The van der Waals surface area contributed by atoms with Crippen LogP contribution in [0.1, 0.15) is 18.1 Å². The highest BCUT2D eigenvalue weighted by Gasteiger charge is 2.23. The maximum atomic E-state index is 12.0. The molecule has 1 atom stereocenters. The first-order chi connectivity index (χ1) is 8.15. The molecule has 0 fully saturated rings. The summed E-state index contributed by atoms with van der Waals surface area (Å²) in [5, 5.41) is 0. The third-order valence-corrected chi connectivity index (χ3v) is 4.27. The van der Waals surface area contributed by atoms with Crippen LogP contribution >= 0.6 is 0 Å². The summed E-state index contributed by atoms with van der Waals surface area (Å²) in [6.45, 7) is 4.99. The van der Waals surface area contributed by atoms with E-state index in [9.17, 15) is 13.2 Å². The molecule has 1 aromatic carbocycles. The number of carbonyl (C=O) groups is 1. The Morgan fingerprint density at radius 1 is 1.28 bits per heavy atom. The van der Waals surface area contributed by atoms with E-state index in [1.54, 1.807) is 13.0 Å². The first kappa shape index (κ1) is 14.5. The molecule has 1 amide bonds. The number of carbonyl (C=O) groups excluding carboxylic acids is 1. The fourth-order valence-corrected chi connectivity index (χ4v) is 2.81. The van der Waals surface area contributed by atoms with Crippen molar-refractivity contribution in [2.45, 2.75) is 31.7 Å². The van der Waals surface area contributed by atoms with Gasteiger partial charge in [-0.15, -0.1) is 0 Å². The zero-order valence-electron chi connectivity index (χ0n) is 10.5. The molecule has 1 unspecified atom stereocenters. The van der Waals surface area contributed by atoms with Crippen molar-refractivity contribution in [2.24, 2.45) is 5.73 Å². The van der Waals surface area contributed by atoms with Crippen molar-refractivity contribution in [1.82, 2.24) is 4.72 Å². The molecule has 7 heteroatoms. The van der Waals surface area contributed by atoms with Gasteiger partial charge < -0.3 is 11.5 Å². The van der Waals surface area contributed by atoms with E-state index in [4.69, 9.17) is 11.5 Å². The quantitative estimate of drug-likeness (QED) is 0.670. The molecule has 18 heavy (non-hydrogen) atoms. The molecule has 5 N–H and O–H groups in total.